The topological polar surface area (TPSA) is 80.7 Å². The Morgan fingerprint density at radius 1 is 1.19 bits per heavy atom. The molecule has 0 spiro atoms. The highest BCUT2D eigenvalue weighted by molar-refractivity contribution is 7.91. The number of sulfone groups is 1. The third-order valence-corrected chi connectivity index (χ3v) is 5.32. The fourth-order valence-corrected chi connectivity index (χ4v) is 4.15. The van der Waals surface area contributed by atoms with E-state index in [9.17, 15) is 18.3 Å². The van der Waals surface area contributed by atoms with Crippen molar-refractivity contribution in [2.24, 2.45) is 0 Å². The van der Waals surface area contributed by atoms with Crippen molar-refractivity contribution in [3.05, 3.63) is 42.0 Å². The second-order valence-electron chi connectivity index (χ2n) is 5.11. The zero-order chi connectivity index (χ0) is 15.0. The standard InChI is InChI=1S/C15H14O5S/c16-15(17)13-6-5-10-3-1-2-4-12(10)14(13)20-11-7-8-21(18,19)9-11/h1-6,11H,7-9H2,(H,16,17). The number of carboxylic acids is 1. The molecule has 0 amide bonds. The van der Waals surface area contributed by atoms with Crippen LogP contribution in [0.2, 0.25) is 0 Å². The van der Waals surface area contributed by atoms with Crippen LogP contribution in [0.25, 0.3) is 10.8 Å². The van der Waals surface area contributed by atoms with Crippen molar-refractivity contribution in [2.75, 3.05) is 11.5 Å². The first-order valence-corrected chi connectivity index (χ1v) is 8.40. The Morgan fingerprint density at radius 3 is 2.62 bits per heavy atom. The molecule has 0 aromatic heterocycles. The van der Waals surface area contributed by atoms with Crippen molar-refractivity contribution < 1.29 is 23.1 Å². The quantitative estimate of drug-likeness (QED) is 0.939. The fourth-order valence-electron chi connectivity index (χ4n) is 2.56. The number of rotatable bonds is 3. The van der Waals surface area contributed by atoms with E-state index < -0.39 is 21.9 Å². The van der Waals surface area contributed by atoms with Gasteiger partial charge in [0.2, 0.25) is 0 Å². The van der Waals surface area contributed by atoms with Gasteiger partial charge >= 0.3 is 5.97 Å². The van der Waals surface area contributed by atoms with Crippen molar-refractivity contribution in [1.29, 1.82) is 0 Å². The van der Waals surface area contributed by atoms with E-state index in [2.05, 4.69) is 0 Å². The molecule has 3 rings (SSSR count). The first kappa shape index (κ1) is 13.9. The van der Waals surface area contributed by atoms with Crippen LogP contribution in [-0.2, 0) is 9.84 Å². The monoisotopic (exact) mass is 306 g/mol. The molecule has 1 saturated heterocycles. The van der Waals surface area contributed by atoms with Gasteiger partial charge in [0.15, 0.2) is 9.84 Å². The molecule has 1 atom stereocenters. The molecule has 0 bridgehead atoms. The number of aromatic carboxylic acids is 1. The molecule has 110 valence electrons. The SMILES string of the molecule is O=C(O)c1ccc2ccccc2c1OC1CCS(=O)(=O)C1. The summed E-state index contributed by atoms with van der Waals surface area (Å²) in [5.74, 6) is -0.806. The summed E-state index contributed by atoms with van der Waals surface area (Å²) in [5.41, 5.74) is 0.0537. The Labute approximate surface area is 122 Å². The van der Waals surface area contributed by atoms with Crippen LogP contribution < -0.4 is 4.74 Å². The number of benzene rings is 2. The van der Waals surface area contributed by atoms with Crippen LogP contribution in [0.4, 0.5) is 0 Å². The van der Waals surface area contributed by atoms with Crippen LogP contribution in [0.5, 0.6) is 5.75 Å². The number of carboxylic acid groups (broad SMARTS) is 1. The van der Waals surface area contributed by atoms with Crippen molar-refractivity contribution in [2.45, 2.75) is 12.5 Å². The van der Waals surface area contributed by atoms with Gasteiger partial charge in [-0.2, -0.15) is 0 Å². The predicted octanol–water partition coefficient (Wildman–Crippen LogP) is 2.10. The Hall–Kier alpha value is -2.08. The Morgan fingerprint density at radius 2 is 1.95 bits per heavy atom. The van der Waals surface area contributed by atoms with E-state index in [-0.39, 0.29) is 22.8 Å². The second-order valence-corrected chi connectivity index (χ2v) is 7.34. The molecule has 2 aromatic carbocycles. The summed E-state index contributed by atoms with van der Waals surface area (Å²) >= 11 is 0. The van der Waals surface area contributed by atoms with E-state index in [1.165, 1.54) is 6.07 Å². The van der Waals surface area contributed by atoms with Gasteiger partial charge in [0, 0.05) is 5.39 Å². The van der Waals surface area contributed by atoms with Crippen LogP contribution >= 0.6 is 0 Å². The molecule has 1 unspecified atom stereocenters. The maximum absolute atomic E-state index is 11.5. The van der Waals surface area contributed by atoms with Crippen molar-refractivity contribution in [1.82, 2.24) is 0 Å². The summed E-state index contributed by atoms with van der Waals surface area (Å²) < 4.78 is 28.8. The molecular weight excluding hydrogens is 292 g/mol. The molecule has 1 N–H and O–H groups in total. The van der Waals surface area contributed by atoms with E-state index in [0.29, 0.717) is 11.8 Å². The first-order valence-electron chi connectivity index (χ1n) is 6.58. The van der Waals surface area contributed by atoms with Gasteiger partial charge in [-0.05, 0) is 17.9 Å². The van der Waals surface area contributed by atoms with Gasteiger partial charge in [-0.1, -0.05) is 30.3 Å². The molecule has 0 aliphatic carbocycles. The molecule has 6 heteroatoms. The van der Waals surface area contributed by atoms with Gasteiger partial charge < -0.3 is 9.84 Å². The minimum Gasteiger partial charge on any atom is -0.488 e. The Kier molecular flexibility index (Phi) is 3.33. The average Bonchev–Trinajstić information content (AvgIpc) is 2.78. The molecule has 2 aromatic rings. The average molecular weight is 306 g/mol. The molecule has 1 fully saturated rings. The summed E-state index contributed by atoms with van der Waals surface area (Å²) in [4.78, 5) is 11.4. The lowest BCUT2D eigenvalue weighted by molar-refractivity contribution is 0.0690. The fraction of sp³-hybridized carbons (Fsp3) is 0.267. The molecule has 1 aliphatic heterocycles. The lowest BCUT2D eigenvalue weighted by atomic mass is 10.1. The van der Waals surface area contributed by atoms with E-state index in [4.69, 9.17) is 4.74 Å². The minimum absolute atomic E-state index is 0.0537. The van der Waals surface area contributed by atoms with Crippen molar-refractivity contribution >= 4 is 26.6 Å². The molecule has 21 heavy (non-hydrogen) atoms. The second kappa shape index (κ2) is 5.04. The third-order valence-electron chi connectivity index (χ3n) is 3.59. The molecule has 1 aliphatic rings. The maximum Gasteiger partial charge on any atom is 0.339 e. The lowest BCUT2D eigenvalue weighted by Crippen LogP contribution is -2.19. The number of ether oxygens (including phenoxy) is 1. The molecule has 0 radical (unpaired) electrons. The molecular formula is C15H14O5S. The van der Waals surface area contributed by atoms with Gasteiger partial charge in [-0.15, -0.1) is 0 Å². The van der Waals surface area contributed by atoms with Gasteiger partial charge in [-0.3, -0.25) is 0 Å². The zero-order valence-corrected chi connectivity index (χ0v) is 12.0. The van der Waals surface area contributed by atoms with Crippen LogP contribution in [0, 0.1) is 0 Å². The number of fused-ring (bicyclic) bond motifs is 1. The summed E-state index contributed by atoms with van der Waals surface area (Å²) in [7, 11) is -3.07. The van der Waals surface area contributed by atoms with Crippen LogP contribution in [0.1, 0.15) is 16.8 Å². The van der Waals surface area contributed by atoms with Crippen molar-refractivity contribution in [3.63, 3.8) is 0 Å². The van der Waals surface area contributed by atoms with E-state index >= 15 is 0 Å². The van der Waals surface area contributed by atoms with E-state index in [0.717, 1.165) is 5.39 Å². The van der Waals surface area contributed by atoms with Gasteiger partial charge in [0.1, 0.15) is 17.4 Å². The van der Waals surface area contributed by atoms with E-state index in [1.54, 1.807) is 18.2 Å². The van der Waals surface area contributed by atoms with Gasteiger partial charge in [0.25, 0.3) is 0 Å². The third kappa shape index (κ3) is 2.71. The normalized spacial score (nSPS) is 20.5. The minimum atomic E-state index is -3.07. The predicted molar refractivity (Wildman–Crippen MR) is 78.6 cm³/mol. The number of hydrogen-bond acceptors (Lipinski definition) is 4. The van der Waals surface area contributed by atoms with Gasteiger partial charge in [0.05, 0.1) is 11.5 Å². The summed E-state index contributed by atoms with van der Waals surface area (Å²) in [6, 6.07) is 10.5. The summed E-state index contributed by atoms with van der Waals surface area (Å²) in [6.07, 6.45) is -0.0937. The number of carbonyl (C=O) groups is 1. The first-order chi connectivity index (χ1) is 9.96. The van der Waals surface area contributed by atoms with Crippen LogP contribution in [0.3, 0.4) is 0 Å². The summed E-state index contributed by atoms with van der Waals surface area (Å²) in [6.45, 7) is 0. The lowest BCUT2D eigenvalue weighted by Gasteiger charge is -2.16. The molecule has 1 heterocycles. The maximum atomic E-state index is 11.5. The highest BCUT2D eigenvalue weighted by atomic mass is 32.2. The Bertz CT molecular complexity index is 810. The highest BCUT2D eigenvalue weighted by Crippen LogP contribution is 2.32. The summed E-state index contributed by atoms with van der Waals surface area (Å²) in [5, 5.41) is 10.8. The van der Waals surface area contributed by atoms with Crippen LogP contribution in [0.15, 0.2) is 36.4 Å². The van der Waals surface area contributed by atoms with E-state index in [1.807, 2.05) is 12.1 Å². The van der Waals surface area contributed by atoms with Crippen LogP contribution in [-0.4, -0.2) is 37.1 Å². The van der Waals surface area contributed by atoms with Crippen molar-refractivity contribution in [3.8, 4) is 5.75 Å². The largest absolute Gasteiger partial charge is 0.488 e. The molecule has 0 saturated carbocycles. The zero-order valence-electron chi connectivity index (χ0n) is 11.2. The Balaban J connectivity index is 2.07. The van der Waals surface area contributed by atoms with Gasteiger partial charge in [-0.25, -0.2) is 13.2 Å². The highest BCUT2D eigenvalue weighted by Gasteiger charge is 2.30. The number of hydrogen-bond donors (Lipinski definition) is 1. The smallest absolute Gasteiger partial charge is 0.339 e. The molecule has 5 nitrogen and oxygen atoms in total.